The number of pyridine rings is 1. The number of amides is 1. The van der Waals surface area contributed by atoms with E-state index in [4.69, 9.17) is 16.3 Å². The second kappa shape index (κ2) is 7.89. The molecule has 3 rings (SSSR count). The molecule has 0 spiro atoms. The first kappa shape index (κ1) is 17.8. The number of hydrogen-bond acceptors (Lipinski definition) is 4. The molecule has 0 saturated heterocycles. The molecule has 0 aliphatic heterocycles. The first-order chi connectivity index (χ1) is 12.6. The predicted molar refractivity (Wildman–Crippen MR) is 105 cm³/mol. The monoisotopic (exact) mass is 367 g/mol. The lowest BCUT2D eigenvalue weighted by atomic mass is 10.2. The third-order valence-corrected chi connectivity index (χ3v) is 4.14. The van der Waals surface area contributed by atoms with Gasteiger partial charge in [-0.1, -0.05) is 29.8 Å². The zero-order chi connectivity index (χ0) is 18.5. The van der Waals surface area contributed by atoms with E-state index in [-0.39, 0.29) is 5.91 Å². The Morgan fingerprint density at radius 2 is 1.92 bits per heavy atom. The number of ether oxygens (including phenoxy) is 1. The first-order valence-corrected chi connectivity index (χ1v) is 8.38. The zero-order valence-corrected chi connectivity index (χ0v) is 15.2. The molecular formula is C20H18ClN3O2. The van der Waals surface area contributed by atoms with Crippen molar-refractivity contribution in [3.8, 4) is 5.75 Å². The van der Waals surface area contributed by atoms with E-state index in [1.54, 1.807) is 31.4 Å². The lowest BCUT2D eigenvalue weighted by Gasteiger charge is -2.10. The van der Waals surface area contributed by atoms with Crippen molar-refractivity contribution in [2.45, 2.75) is 6.92 Å². The molecule has 5 nitrogen and oxygen atoms in total. The average Bonchev–Trinajstić information content (AvgIpc) is 2.64. The van der Waals surface area contributed by atoms with Crippen LogP contribution in [0, 0.1) is 6.92 Å². The van der Waals surface area contributed by atoms with Gasteiger partial charge in [0.05, 0.1) is 17.7 Å². The van der Waals surface area contributed by atoms with Crippen LogP contribution in [-0.2, 0) is 0 Å². The molecular weight excluding hydrogens is 350 g/mol. The van der Waals surface area contributed by atoms with Crippen molar-refractivity contribution in [1.82, 2.24) is 4.98 Å². The fraction of sp³-hybridized carbons (Fsp3) is 0.100. The summed E-state index contributed by atoms with van der Waals surface area (Å²) < 4.78 is 5.13. The van der Waals surface area contributed by atoms with Crippen LogP contribution in [0.25, 0.3) is 0 Å². The average molecular weight is 368 g/mol. The normalized spacial score (nSPS) is 10.3. The lowest BCUT2D eigenvalue weighted by molar-refractivity contribution is 0.102. The Hall–Kier alpha value is -3.05. The summed E-state index contributed by atoms with van der Waals surface area (Å²) in [5.41, 5.74) is 3.04. The molecule has 2 N–H and O–H groups in total. The van der Waals surface area contributed by atoms with Crippen molar-refractivity contribution in [1.29, 1.82) is 0 Å². The first-order valence-electron chi connectivity index (χ1n) is 8.00. The van der Waals surface area contributed by atoms with Crippen LogP contribution in [0.4, 0.5) is 17.2 Å². The van der Waals surface area contributed by atoms with Crippen molar-refractivity contribution >= 4 is 34.7 Å². The van der Waals surface area contributed by atoms with Gasteiger partial charge in [0.1, 0.15) is 11.6 Å². The summed E-state index contributed by atoms with van der Waals surface area (Å²) in [5, 5.41) is 6.53. The summed E-state index contributed by atoms with van der Waals surface area (Å²) in [7, 11) is 1.57. The molecule has 3 aromatic rings. The number of para-hydroxylation sites is 1. The number of methoxy groups -OCH3 is 1. The van der Waals surface area contributed by atoms with E-state index in [2.05, 4.69) is 15.6 Å². The third-order valence-electron chi connectivity index (χ3n) is 3.84. The number of nitrogens with zero attached hydrogens (tertiary/aromatic N) is 1. The number of benzene rings is 2. The minimum atomic E-state index is -0.203. The molecule has 0 aliphatic carbocycles. The molecule has 2 aromatic carbocycles. The largest absolute Gasteiger partial charge is 0.495 e. The van der Waals surface area contributed by atoms with Gasteiger partial charge < -0.3 is 15.4 Å². The van der Waals surface area contributed by atoms with Gasteiger partial charge in [0, 0.05) is 17.6 Å². The quantitative estimate of drug-likeness (QED) is 0.662. The fourth-order valence-electron chi connectivity index (χ4n) is 2.40. The van der Waals surface area contributed by atoms with Gasteiger partial charge in [-0.05, 0) is 48.9 Å². The van der Waals surface area contributed by atoms with Crippen LogP contribution >= 0.6 is 11.6 Å². The van der Waals surface area contributed by atoms with E-state index in [0.717, 1.165) is 16.9 Å². The fourth-order valence-corrected chi connectivity index (χ4v) is 2.66. The van der Waals surface area contributed by atoms with E-state index in [1.807, 2.05) is 37.3 Å². The Kier molecular flexibility index (Phi) is 5.39. The van der Waals surface area contributed by atoms with Crippen molar-refractivity contribution in [2.75, 3.05) is 17.7 Å². The number of rotatable bonds is 5. The van der Waals surface area contributed by atoms with Gasteiger partial charge in [-0.25, -0.2) is 4.98 Å². The number of aromatic nitrogens is 1. The molecule has 0 bridgehead atoms. The third kappa shape index (κ3) is 4.13. The van der Waals surface area contributed by atoms with Crippen LogP contribution in [0.2, 0.25) is 5.02 Å². The molecule has 1 amide bonds. The SMILES string of the molecule is COc1ccc(Nc2ccc(C(=O)Nc3ccccc3C)cn2)cc1Cl. The minimum Gasteiger partial charge on any atom is -0.495 e. The number of carbonyl (C=O) groups excluding carboxylic acids is 1. The Morgan fingerprint density at radius 1 is 1.12 bits per heavy atom. The smallest absolute Gasteiger partial charge is 0.257 e. The summed E-state index contributed by atoms with van der Waals surface area (Å²) in [6.07, 6.45) is 1.53. The highest BCUT2D eigenvalue weighted by Crippen LogP contribution is 2.28. The number of hydrogen-bond donors (Lipinski definition) is 2. The van der Waals surface area contributed by atoms with E-state index in [0.29, 0.717) is 22.2 Å². The molecule has 0 fully saturated rings. The highest BCUT2D eigenvalue weighted by Gasteiger charge is 2.09. The predicted octanol–water partition coefficient (Wildman–Crippen LogP) is 5.05. The van der Waals surface area contributed by atoms with Crippen molar-refractivity contribution in [2.24, 2.45) is 0 Å². The van der Waals surface area contributed by atoms with E-state index in [9.17, 15) is 4.79 Å². The summed E-state index contributed by atoms with van der Waals surface area (Å²) in [5.74, 6) is 1.01. The number of anilines is 3. The Morgan fingerprint density at radius 3 is 2.58 bits per heavy atom. The minimum absolute atomic E-state index is 0.203. The maximum atomic E-state index is 12.3. The maximum absolute atomic E-state index is 12.3. The van der Waals surface area contributed by atoms with Crippen LogP contribution in [0.1, 0.15) is 15.9 Å². The maximum Gasteiger partial charge on any atom is 0.257 e. The summed E-state index contributed by atoms with van der Waals surface area (Å²) in [6, 6.07) is 16.4. The van der Waals surface area contributed by atoms with Gasteiger partial charge in [-0.15, -0.1) is 0 Å². The van der Waals surface area contributed by atoms with Gasteiger partial charge in [0.2, 0.25) is 0 Å². The number of carbonyl (C=O) groups is 1. The molecule has 0 atom stereocenters. The van der Waals surface area contributed by atoms with Crippen molar-refractivity contribution in [3.05, 3.63) is 76.9 Å². The Labute approximate surface area is 157 Å². The number of nitrogens with one attached hydrogen (secondary N) is 2. The molecule has 1 heterocycles. The Bertz CT molecular complexity index is 927. The van der Waals surface area contributed by atoms with Crippen LogP contribution < -0.4 is 15.4 Å². The molecule has 0 aliphatic rings. The van der Waals surface area contributed by atoms with Crippen LogP contribution in [0.5, 0.6) is 5.75 Å². The lowest BCUT2D eigenvalue weighted by Crippen LogP contribution is -2.13. The topological polar surface area (TPSA) is 63.2 Å². The summed E-state index contributed by atoms with van der Waals surface area (Å²) in [6.45, 7) is 1.95. The highest BCUT2D eigenvalue weighted by molar-refractivity contribution is 6.32. The van der Waals surface area contributed by atoms with Crippen LogP contribution in [0.3, 0.4) is 0 Å². The second-order valence-corrected chi connectivity index (χ2v) is 6.08. The van der Waals surface area contributed by atoms with Gasteiger partial charge in [0.15, 0.2) is 0 Å². The van der Waals surface area contributed by atoms with Crippen molar-refractivity contribution in [3.63, 3.8) is 0 Å². The molecule has 0 saturated carbocycles. The van der Waals surface area contributed by atoms with Gasteiger partial charge in [-0.2, -0.15) is 0 Å². The molecule has 0 unspecified atom stereocenters. The summed E-state index contributed by atoms with van der Waals surface area (Å²) >= 11 is 6.11. The summed E-state index contributed by atoms with van der Waals surface area (Å²) in [4.78, 5) is 16.6. The molecule has 132 valence electrons. The van der Waals surface area contributed by atoms with Crippen molar-refractivity contribution < 1.29 is 9.53 Å². The van der Waals surface area contributed by atoms with Gasteiger partial charge in [-0.3, -0.25) is 4.79 Å². The van der Waals surface area contributed by atoms with Crippen LogP contribution in [0.15, 0.2) is 60.8 Å². The van der Waals surface area contributed by atoms with E-state index < -0.39 is 0 Å². The molecule has 6 heteroatoms. The van der Waals surface area contributed by atoms with E-state index >= 15 is 0 Å². The molecule has 1 aromatic heterocycles. The number of aryl methyl sites for hydroxylation is 1. The molecule has 0 radical (unpaired) electrons. The molecule has 26 heavy (non-hydrogen) atoms. The second-order valence-electron chi connectivity index (χ2n) is 5.68. The number of halogens is 1. The zero-order valence-electron chi connectivity index (χ0n) is 14.4. The van der Waals surface area contributed by atoms with E-state index in [1.165, 1.54) is 6.20 Å². The Balaban J connectivity index is 1.69. The van der Waals surface area contributed by atoms with Gasteiger partial charge in [0.25, 0.3) is 5.91 Å². The standard InChI is InChI=1S/C20H18ClN3O2/c1-13-5-3-4-6-17(13)24-20(25)14-7-10-19(22-12-14)23-15-8-9-18(26-2)16(21)11-15/h3-12H,1-2H3,(H,22,23)(H,24,25). The van der Waals surface area contributed by atoms with Gasteiger partial charge >= 0.3 is 0 Å². The highest BCUT2D eigenvalue weighted by atomic mass is 35.5. The van der Waals surface area contributed by atoms with Crippen LogP contribution in [-0.4, -0.2) is 18.0 Å².